The van der Waals surface area contributed by atoms with Crippen LogP contribution in [-0.2, 0) is 33.4 Å². The highest BCUT2D eigenvalue weighted by atomic mass is 19.1. The van der Waals surface area contributed by atoms with E-state index in [1.807, 2.05) is 48.5 Å². The Bertz CT molecular complexity index is 1710. The van der Waals surface area contributed by atoms with Crippen molar-refractivity contribution in [1.82, 2.24) is 10.2 Å². The van der Waals surface area contributed by atoms with Crippen LogP contribution in [0.2, 0.25) is 0 Å². The maximum absolute atomic E-state index is 16.7. The minimum atomic E-state index is -2.08. The van der Waals surface area contributed by atoms with Gasteiger partial charge in [0.25, 0.3) is 0 Å². The molecule has 5 aliphatic rings. The second-order valence-corrected chi connectivity index (χ2v) is 20.5. The number of cyclic esters (lactones) is 1. The number of nitrogens with one attached hydrogen (secondary N) is 1. The number of aliphatic hydroxyl groups excluding tert-OH is 4. The molecule has 1 saturated heterocycles. The van der Waals surface area contributed by atoms with E-state index in [0.29, 0.717) is 58.3 Å². The number of hydrogen-bond acceptors (Lipinski definition) is 15. The van der Waals surface area contributed by atoms with Crippen LogP contribution in [0.25, 0.3) is 0 Å². The summed E-state index contributed by atoms with van der Waals surface area (Å²) in [7, 11) is 3.69. The van der Waals surface area contributed by atoms with Gasteiger partial charge in [-0.25, -0.2) is 8.78 Å². The molecule has 0 bridgehead atoms. The molecule has 3 saturated carbocycles. The number of carbonyl (C=O) groups is 4. The molecule has 0 spiro atoms. The van der Waals surface area contributed by atoms with E-state index in [1.165, 1.54) is 39.4 Å². The van der Waals surface area contributed by atoms with Crippen molar-refractivity contribution in [3.8, 4) is 0 Å². The van der Waals surface area contributed by atoms with Crippen LogP contribution in [0.15, 0.2) is 23.8 Å². The molecule has 1 aliphatic heterocycles. The number of rotatable bonds is 9. The third kappa shape index (κ3) is 14.9. The van der Waals surface area contributed by atoms with Crippen molar-refractivity contribution in [2.75, 3.05) is 47.5 Å². The molecular weight excluding hydrogens is 911 g/mol. The van der Waals surface area contributed by atoms with Crippen LogP contribution in [0.4, 0.5) is 8.78 Å². The van der Waals surface area contributed by atoms with E-state index in [0.717, 1.165) is 13.5 Å². The molecule has 408 valence electrons. The summed E-state index contributed by atoms with van der Waals surface area (Å²) in [4.78, 5) is 50.2. The molecule has 5 rings (SSSR count). The van der Waals surface area contributed by atoms with Gasteiger partial charge in [0.15, 0.2) is 11.5 Å². The van der Waals surface area contributed by atoms with Gasteiger partial charge in [0.1, 0.15) is 24.0 Å². The molecule has 7 N–H and O–H groups in total. The zero-order chi connectivity index (χ0) is 54.2. The zero-order valence-electron chi connectivity index (χ0n) is 45.2. The molecule has 0 aromatic rings. The smallest absolute Gasteiger partial charge is 0.311 e. The largest absolute Gasteiger partial charge is 0.469 e. The van der Waals surface area contributed by atoms with Gasteiger partial charge >= 0.3 is 17.9 Å². The summed E-state index contributed by atoms with van der Waals surface area (Å²) < 4.78 is 47.0. The van der Waals surface area contributed by atoms with Crippen molar-refractivity contribution >= 4 is 23.7 Å². The average molecular weight is 1010 g/mol. The Balaban J connectivity index is 0.000000652. The number of carbonyl (C=O) groups excluding carboxylic acids is 4. The van der Waals surface area contributed by atoms with E-state index in [2.05, 4.69) is 15.0 Å². The van der Waals surface area contributed by atoms with Gasteiger partial charge in [-0.3, -0.25) is 24.1 Å². The van der Waals surface area contributed by atoms with E-state index in [1.54, 1.807) is 27.7 Å². The maximum atomic E-state index is 16.7. The molecule has 4 fully saturated rings. The van der Waals surface area contributed by atoms with Crippen molar-refractivity contribution in [3.63, 3.8) is 0 Å². The summed E-state index contributed by atoms with van der Waals surface area (Å²) >= 11 is 0. The van der Waals surface area contributed by atoms with Gasteiger partial charge in [-0.2, -0.15) is 0 Å². The number of fused-ring (bicyclic) bond motifs is 5. The number of aliphatic hydroxyl groups is 6. The number of methoxy groups -OCH3 is 2. The summed E-state index contributed by atoms with van der Waals surface area (Å²) in [5.41, 5.74) is -6.70. The minimum absolute atomic E-state index is 0.0569. The lowest BCUT2D eigenvalue weighted by Gasteiger charge is -2.62. The first-order chi connectivity index (χ1) is 32.7. The third-order valence-electron chi connectivity index (χ3n) is 15.8. The lowest BCUT2D eigenvalue weighted by molar-refractivity contribution is -0.204. The Kier molecular flexibility index (Phi) is 26.5. The van der Waals surface area contributed by atoms with Gasteiger partial charge < -0.3 is 50.2 Å². The van der Waals surface area contributed by atoms with Gasteiger partial charge in [-0.15, -0.1) is 0 Å². The van der Waals surface area contributed by atoms with Crippen molar-refractivity contribution in [1.29, 1.82) is 0 Å². The van der Waals surface area contributed by atoms with E-state index in [9.17, 15) is 44.7 Å². The number of alkyl halides is 2. The highest BCUT2D eigenvalue weighted by Gasteiger charge is 2.72. The van der Waals surface area contributed by atoms with Crippen molar-refractivity contribution in [3.05, 3.63) is 23.8 Å². The van der Waals surface area contributed by atoms with E-state index in [-0.39, 0.29) is 60.8 Å². The second-order valence-electron chi connectivity index (χ2n) is 20.5. The summed E-state index contributed by atoms with van der Waals surface area (Å²) in [6, 6.07) is -0.474. The molecule has 17 heteroatoms. The Morgan fingerprint density at radius 3 is 2.10 bits per heavy atom. The fraction of sp³-hybridized carbons (Fsp3) is 0.849. The maximum Gasteiger partial charge on any atom is 0.311 e. The summed E-state index contributed by atoms with van der Waals surface area (Å²) in [6.07, 6.45) is 1.47. The molecule has 70 heavy (non-hydrogen) atoms. The fourth-order valence-corrected chi connectivity index (χ4v) is 11.9. The van der Waals surface area contributed by atoms with Gasteiger partial charge in [-0.05, 0) is 140 Å². The molecule has 0 aromatic heterocycles. The highest BCUT2D eigenvalue weighted by molar-refractivity contribution is 6.01. The molecule has 15 nitrogen and oxygen atoms in total. The molecule has 16 atom stereocenters. The van der Waals surface area contributed by atoms with E-state index in [4.69, 9.17) is 14.6 Å². The van der Waals surface area contributed by atoms with Crippen LogP contribution < -0.4 is 5.32 Å². The quantitative estimate of drug-likeness (QED) is 0.0801. The lowest BCUT2D eigenvalue weighted by atomic mass is 9.45. The predicted octanol–water partition coefficient (Wildman–Crippen LogP) is 5.98. The second kappa shape index (κ2) is 28.5. The van der Waals surface area contributed by atoms with Gasteiger partial charge in [0.2, 0.25) is 0 Å². The highest BCUT2D eigenvalue weighted by Crippen LogP contribution is 2.69. The minimum Gasteiger partial charge on any atom is -0.469 e. The topological polar surface area (TPSA) is 233 Å². The number of hydrogen-bond donors (Lipinski definition) is 7. The Morgan fingerprint density at radius 1 is 0.914 bits per heavy atom. The van der Waals surface area contributed by atoms with Crippen molar-refractivity contribution in [2.45, 2.75) is 201 Å². The van der Waals surface area contributed by atoms with Crippen LogP contribution in [0.1, 0.15) is 147 Å². The fourth-order valence-electron chi connectivity index (χ4n) is 11.9. The molecule has 8 unspecified atom stereocenters. The van der Waals surface area contributed by atoms with Gasteiger partial charge in [0, 0.05) is 37.6 Å². The lowest BCUT2D eigenvalue weighted by Crippen LogP contribution is -2.68. The number of esters is 3. The summed E-state index contributed by atoms with van der Waals surface area (Å²) in [6.45, 7) is 24.3. The van der Waals surface area contributed by atoms with Crippen LogP contribution >= 0.6 is 0 Å². The zero-order valence-corrected chi connectivity index (χ0v) is 45.2. The standard InChI is InChI=1S/C27H52N2O8.C21H26F2O4.2C2H6.CH4O/c1-8-22-27(6,35)24(32)20(4)29(15-9-13-28-14-11-23(31)36-7)17-18(2)16-26(5,34)12-10-21(30)19(3)25(33)37-22;1-19-10-17(25)21(23)14(12(19)4-5-13(19)18(26)27-3)9-16(22)15-8-11(24)6-7-20(15,21)2;3*1-2/h18-22,24,28,30,32,34-35H,8-17H2,1-7H3;6-8,12-14,16-17,25H,4-5,9-10H2,1-3H3;2*1-2H3;2H,1H3/t18-,19-,20?,21+,22-,24?,26+,27-;12?,13?,14?,16-,17?,19?,20?,21-;;;/m10.../s1. The number of nitrogens with zero attached hydrogens (tertiary/aromatic N) is 1. The monoisotopic (exact) mass is 1000 g/mol. The number of ketones is 1. The van der Waals surface area contributed by atoms with E-state index >= 15 is 8.78 Å². The van der Waals surface area contributed by atoms with Gasteiger partial charge in [-0.1, -0.05) is 54.5 Å². The van der Waals surface area contributed by atoms with E-state index < -0.39 is 88.1 Å². The number of allylic oxidation sites excluding steroid dienone is 4. The first-order valence-electron chi connectivity index (χ1n) is 25.8. The Morgan fingerprint density at radius 2 is 1.53 bits per heavy atom. The number of halogens is 2. The predicted molar refractivity (Wildman–Crippen MR) is 266 cm³/mol. The third-order valence-corrected chi connectivity index (χ3v) is 15.8. The summed E-state index contributed by atoms with van der Waals surface area (Å²) in [5, 5.41) is 65.5. The Labute approximate surface area is 418 Å². The van der Waals surface area contributed by atoms with Gasteiger partial charge in [0.05, 0.1) is 50.3 Å². The molecular formula is C53H94F2N2O13. The number of ether oxygens (including phenoxy) is 3. The first-order valence-corrected chi connectivity index (χ1v) is 25.8. The Hall–Kier alpha value is -2.90. The SMILES string of the molecule is CC.CC.CC[C@H]1OC(=O)[C@H](C)[C@@H](O)CC[C@](C)(O)C[C@@H](C)CN(CCCNCCC(=O)OC)C(C)C(O)[C@]1(C)O.CO.COC(=O)C1CCC2C3C[C@H](F)C4=CC(=O)C=CC4(C)[C@@]3(F)C(O)CC12C. The summed E-state index contributed by atoms with van der Waals surface area (Å²) in [5.74, 6) is -3.76. The first kappa shape index (κ1) is 65.1. The molecule has 0 amide bonds. The van der Waals surface area contributed by atoms with Crippen LogP contribution in [0.5, 0.6) is 0 Å². The normalized spacial score (nSPS) is 39.7. The van der Waals surface area contributed by atoms with Crippen LogP contribution in [0, 0.1) is 40.4 Å². The molecule has 0 radical (unpaired) electrons. The molecule has 1 heterocycles. The molecule has 4 aliphatic carbocycles. The molecule has 0 aromatic carbocycles. The van der Waals surface area contributed by atoms with Crippen LogP contribution in [0.3, 0.4) is 0 Å². The average Bonchev–Trinajstić information content (AvgIpc) is 3.68. The van der Waals surface area contributed by atoms with Crippen molar-refractivity contribution < 1.29 is 72.8 Å². The van der Waals surface area contributed by atoms with Crippen molar-refractivity contribution in [2.24, 2.45) is 40.4 Å². The van der Waals surface area contributed by atoms with Crippen LogP contribution in [-0.4, -0.2) is 160 Å².